The molecule has 3 rings (SSSR count). The summed E-state index contributed by atoms with van der Waals surface area (Å²) >= 11 is 0. The molecule has 0 fully saturated rings. The predicted molar refractivity (Wildman–Crippen MR) is 114 cm³/mol. The number of hydrogen-bond donors (Lipinski definition) is 3. The van der Waals surface area contributed by atoms with Gasteiger partial charge in [-0.25, -0.2) is 0 Å². The van der Waals surface area contributed by atoms with E-state index in [2.05, 4.69) is 15.6 Å². The molecule has 28 heavy (non-hydrogen) atoms. The van der Waals surface area contributed by atoms with Gasteiger partial charge in [-0.05, 0) is 49.4 Å². The number of rotatable bonds is 6. The number of nitrogens with one attached hydrogen (secondary N) is 3. The van der Waals surface area contributed by atoms with Gasteiger partial charge in [-0.15, -0.1) is 12.4 Å². The Balaban J connectivity index is 0.00000280. The van der Waals surface area contributed by atoms with Crippen molar-refractivity contribution in [3.8, 4) is 0 Å². The van der Waals surface area contributed by atoms with E-state index in [1.807, 2.05) is 31.2 Å². The van der Waals surface area contributed by atoms with Crippen molar-refractivity contribution in [1.29, 1.82) is 0 Å². The average molecular weight is 403 g/mol. The summed E-state index contributed by atoms with van der Waals surface area (Å²) in [6, 6.07) is 12.5. The first kappa shape index (κ1) is 21.4. The van der Waals surface area contributed by atoms with Gasteiger partial charge in [0, 0.05) is 24.3 Å². The van der Waals surface area contributed by atoms with Crippen molar-refractivity contribution in [3.63, 3.8) is 0 Å². The van der Waals surface area contributed by atoms with Gasteiger partial charge in [0.1, 0.15) is 0 Å². The molecule has 0 aliphatic heterocycles. The lowest BCUT2D eigenvalue weighted by Gasteiger charge is -2.10. The first-order valence-corrected chi connectivity index (χ1v) is 8.91. The van der Waals surface area contributed by atoms with Crippen LogP contribution in [0.4, 0.5) is 5.69 Å². The number of carbonyl (C=O) groups is 1. The second-order valence-electron chi connectivity index (χ2n) is 6.17. The number of anilines is 1. The molecular formula is C20H23ClN4O3. The van der Waals surface area contributed by atoms with E-state index < -0.39 is 11.1 Å². The fourth-order valence-corrected chi connectivity index (χ4v) is 2.97. The molecule has 0 unspecified atom stereocenters. The third-order valence-corrected chi connectivity index (χ3v) is 4.32. The Kier molecular flexibility index (Phi) is 7.14. The van der Waals surface area contributed by atoms with Gasteiger partial charge >= 0.3 is 11.1 Å². The Morgan fingerprint density at radius 2 is 1.89 bits per heavy atom. The SMILES string of the molecule is CCNCc1cccc(NC(=O)c2ccc3c(c2)[nH]c(=O)c(=O)n3CC)c1.Cl. The van der Waals surface area contributed by atoms with Gasteiger partial charge in [0.05, 0.1) is 11.0 Å². The van der Waals surface area contributed by atoms with Gasteiger partial charge in [0.25, 0.3) is 5.91 Å². The molecule has 1 aromatic heterocycles. The molecule has 7 nitrogen and oxygen atoms in total. The van der Waals surface area contributed by atoms with Crippen LogP contribution in [0.1, 0.15) is 29.8 Å². The Morgan fingerprint density at radius 1 is 1.11 bits per heavy atom. The van der Waals surface area contributed by atoms with E-state index in [9.17, 15) is 14.4 Å². The van der Waals surface area contributed by atoms with Crippen molar-refractivity contribution in [1.82, 2.24) is 14.9 Å². The molecule has 1 heterocycles. The summed E-state index contributed by atoms with van der Waals surface area (Å²) in [4.78, 5) is 38.9. The summed E-state index contributed by atoms with van der Waals surface area (Å²) in [5.74, 6) is -0.285. The van der Waals surface area contributed by atoms with Crippen molar-refractivity contribution in [2.75, 3.05) is 11.9 Å². The molecule has 0 spiro atoms. The fraction of sp³-hybridized carbons (Fsp3) is 0.250. The number of H-pyrrole nitrogens is 1. The van der Waals surface area contributed by atoms with Crippen LogP contribution >= 0.6 is 12.4 Å². The molecule has 3 aromatic rings. The maximum Gasteiger partial charge on any atom is 0.316 e. The summed E-state index contributed by atoms with van der Waals surface area (Å²) in [6.07, 6.45) is 0. The third-order valence-electron chi connectivity index (χ3n) is 4.32. The van der Waals surface area contributed by atoms with Crippen LogP contribution in [0.25, 0.3) is 11.0 Å². The minimum atomic E-state index is -0.696. The second-order valence-corrected chi connectivity index (χ2v) is 6.17. The van der Waals surface area contributed by atoms with Crippen LogP contribution in [0.15, 0.2) is 52.1 Å². The van der Waals surface area contributed by atoms with Crippen molar-refractivity contribution in [2.24, 2.45) is 0 Å². The van der Waals surface area contributed by atoms with E-state index in [0.29, 0.717) is 28.8 Å². The van der Waals surface area contributed by atoms with Gasteiger partial charge < -0.3 is 20.2 Å². The largest absolute Gasteiger partial charge is 0.322 e. The Hall–Kier alpha value is -2.90. The maximum absolute atomic E-state index is 12.6. The van der Waals surface area contributed by atoms with E-state index >= 15 is 0 Å². The fourth-order valence-electron chi connectivity index (χ4n) is 2.97. The van der Waals surface area contributed by atoms with Crippen LogP contribution in [0, 0.1) is 0 Å². The molecule has 148 valence electrons. The number of aromatic nitrogens is 2. The number of hydrogen-bond acceptors (Lipinski definition) is 4. The summed E-state index contributed by atoms with van der Waals surface area (Å²) in [7, 11) is 0. The van der Waals surface area contributed by atoms with Crippen molar-refractivity contribution >= 4 is 35.0 Å². The molecule has 3 N–H and O–H groups in total. The lowest BCUT2D eigenvalue weighted by Crippen LogP contribution is -2.36. The highest BCUT2D eigenvalue weighted by molar-refractivity contribution is 6.05. The van der Waals surface area contributed by atoms with Crippen LogP contribution in [-0.4, -0.2) is 22.0 Å². The zero-order valence-corrected chi connectivity index (χ0v) is 16.6. The molecule has 0 saturated heterocycles. The molecular weight excluding hydrogens is 380 g/mol. The zero-order chi connectivity index (χ0) is 19.4. The maximum atomic E-state index is 12.6. The van der Waals surface area contributed by atoms with Crippen molar-refractivity contribution < 1.29 is 4.79 Å². The molecule has 0 atom stereocenters. The predicted octanol–water partition coefficient (Wildman–Crippen LogP) is 2.49. The molecule has 8 heteroatoms. The van der Waals surface area contributed by atoms with Gasteiger partial charge in [0.15, 0.2) is 0 Å². The summed E-state index contributed by atoms with van der Waals surface area (Å²) in [5, 5.41) is 6.11. The molecule has 0 aliphatic carbocycles. The van der Waals surface area contributed by atoms with E-state index in [1.165, 1.54) is 4.57 Å². The van der Waals surface area contributed by atoms with Crippen molar-refractivity contribution in [2.45, 2.75) is 26.9 Å². The Morgan fingerprint density at radius 3 is 2.61 bits per heavy atom. The highest BCUT2D eigenvalue weighted by atomic mass is 35.5. The monoisotopic (exact) mass is 402 g/mol. The quantitative estimate of drug-likeness (QED) is 0.552. The van der Waals surface area contributed by atoms with Gasteiger partial charge in [-0.3, -0.25) is 14.4 Å². The van der Waals surface area contributed by atoms with Crippen molar-refractivity contribution in [3.05, 3.63) is 74.3 Å². The number of nitrogens with zero attached hydrogens (tertiary/aromatic N) is 1. The molecule has 0 saturated carbocycles. The standard InChI is InChI=1S/C20H22N4O3.ClH/c1-3-21-12-13-6-5-7-15(10-13)22-18(25)14-8-9-17-16(11-14)23-19(26)20(27)24(17)4-2;/h5-11,21H,3-4,12H2,1-2H3,(H,22,25)(H,23,26);1H. The lowest BCUT2D eigenvalue weighted by molar-refractivity contribution is 0.102. The van der Waals surface area contributed by atoms with Crippen LogP contribution < -0.4 is 21.8 Å². The minimum Gasteiger partial charge on any atom is -0.322 e. The first-order valence-electron chi connectivity index (χ1n) is 8.91. The Bertz CT molecular complexity index is 1100. The highest BCUT2D eigenvalue weighted by Crippen LogP contribution is 2.15. The minimum absolute atomic E-state index is 0. The van der Waals surface area contributed by atoms with Gasteiger partial charge in [0.2, 0.25) is 0 Å². The zero-order valence-electron chi connectivity index (χ0n) is 15.7. The smallest absolute Gasteiger partial charge is 0.316 e. The normalized spacial score (nSPS) is 10.5. The summed E-state index contributed by atoms with van der Waals surface area (Å²) in [5.41, 5.74) is 1.92. The van der Waals surface area contributed by atoms with E-state index in [-0.39, 0.29) is 18.3 Å². The average Bonchev–Trinajstić information content (AvgIpc) is 2.67. The lowest BCUT2D eigenvalue weighted by atomic mass is 10.1. The number of amides is 1. The third kappa shape index (κ3) is 4.49. The van der Waals surface area contributed by atoms with E-state index in [0.717, 1.165) is 18.7 Å². The number of aryl methyl sites for hydroxylation is 1. The van der Waals surface area contributed by atoms with Crippen LogP contribution in [0.5, 0.6) is 0 Å². The molecule has 2 aromatic carbocycles. The number of benzene rings is 2. The number of halogens is 1. The van der Waals surface area contributed by atoms with E-state index in [4.69, 9.17) is 0 Å². The highest BCUT2D eigenvalue weighted by Gasteiger charge is 2.11. The van der Waals surface area contributed by atoms with Crippen LogP contribution in [-0.2, 0) is 13.1 Å². The Labute approximate surface area is 168 Å². The molecule has 0 radical (unpaired) electrons. The topological polar surface area (TPSA) is 96.0 Å². The number of fused-ring (bicyclic) bond motifs is 1. The summed E-state index contributed by atoms with van der Waals surface area (Å²) < 4.78 is 1.39. The molecule has 0 aliphatic rings. The van der Waals surface area contributed by atoms with Gasteiger partial charge in [-0.1, -0.05) is 19.1 Å². The number of aromatic amines is 1. The second kappa shape index (κ2) is 9.34. The number of carbonyl (C=O) groups excluding carboxylic acids is 1. The van der Waals surface area contributed by atoms with Gasteiger partial charge in [-0.2, -0.15) is 0 Å². The van der Waals surface area contributed by atoms with Crippen LogP contribution in [0.2, 0.25) is 0 Å². The molecule has 1 amide bonds. The summed E-state index contributed by atoms with van der Waals surface area (Å²) in [6.45, 7) is 5.80. The molecule has 0 bridgehead atoms. The van der Waals surface area contributed by atoms with E-state index in [1.54, 1.807) is 25.1 Å². The first-order chi connectivity index (χ1) is 13.0. The van der Waals surface area contributed by atoms with Crippen LogP contribution in [0.3, 0.4) is 0 Å².